The van der Waals surface area contributed by atoms with Crippen LogP contribution in [0, 0.1) is 0 Å². The molecule has 0 aliphatic carbocycles. The van der Waals surface area contributed by atoms with E-state index in [9.17, 15) is 9.59 Å². The van der Waals surface area contributed by atoms with Crippen molar-refractivity contribution in [3.8, 4) is 0 Å². The normalized spacial score (nSPS) is 10.2. The van der Waals surface area contributed by atoms with E-state index in [1.54, 1.807) is 36.4 Å². The average molecular weight is 366 g/mol. The number of halogens is 2. The van der Waals surface area contributed by atoms with E-state index in [2.05, 4.69) is 10.9 Å². The number of carbonyl (C=O) groups is 2. The van der Waals surface area contributed by atoms with Crippen molar-refractivity contribution in [2.75, 3.05) is 19.0 Å². The third kappa shape index (κ3) is 4.63. The van der Waals surface area contributed by atoms with Crippen LogP contribution in [-0.2, 0) is 11.2 Å². The molecule has 0 radical (unpaired) electrons. The molecule has 126 valence electrons. The predicted molar refractivity (Wildman–Crippen MR) is 96.5 cm³/mol. The van der Waals surface area contributed by atoms with Gasteiger partial charge in [0.05, 0.1) is 6.42 Å². The van der Waals surface area contributed by atoms with Gasteiger partial charge >= 0.3 is 0 Å². The Bertz CT molecular complexity index is 743. The maximum absolute atomic E-state index is 12.1. The minimum Gasteiger partial charge on any atom is -0.378 e. The molecule has 0 aliphatic rings. The number of rotatable bonds is 4. The number of hydrogen-bond acceptors (Lipinski definition) is 3. The lowest BCUT2D eigenvalue weighted by molar-refractivity contribution is -0.121. The van der Waals surface area contributed by atoms with Crippen LogP contribution in [0.25, 0.3) is 0 Å². The topological polar surface area (TPSA) is 61.4 Å². The molecule has 5 nitrogen and oxygen atoms in total. The van der Waals surface area contributed by atoms with Crippen molar-refractivity contribution in [2.45, 2.75) is 6.42 Å². The first-order valence-corrected chi connectivity index (χ1v) is 7.93. The summed E-state index contributed by atoms with van der Waals surface area (Å²) >= 11 is 12.0. The average Bonchev–Trinajstić information content (AvgIpc) is 2.56. The minimum atomic E-state index is -0.415. The fraction of sp³-hybridized carbons (Fsp3) is 0.176. The second-order valence-electron chi connectivity index (χ2n) is 5.32. The first-order chi connectivity index (χ1) is 11.4. The lowest BCUT2D eigenvalue weighted by Gasteiger charge is -2.14. The van der Waals surface area contributed by atoms with Crippen LogP contribution in [0.2, 0.25) is 10.0 Å². The summed E-state index contributed by atoms with van der Waals surface area (Å²) in [5, 5.41) is 0.810. The van der Waals surface area contributed by atoms with Gasteiger partial charge in [-0.15, -0.1) is 0 Å². The molecule has 2 aromatic carbocycles. The largest absolute Gasteiger partial charge is 0.378 e. The molecule has 24 heavy (non-hydrogen) atoms. The first kappa shape index (κ1) is 18.1. The fourth-order valence-corrected chi connectivity index (χ4v) is 2.56. The molecule has 2 aromatic rings. The van der Waals surface area contributed by atoms with Gasteiger partial charge in [0, 0.05) is 35.4 Å². The zero-order valence-corrected chi connectivity index (χ0v) is 14.8. The van der Waals surface area contributed by atoms with E-state index in [-0.39, 0.29) is 6.42 Å². The lowest BCUT2D eigenvalue weighted by atomic mass is 10.1. The molecule has 0 spiro atoms. The molecule has 0 heterocycles. The van der Waals surface area contributed by atoms with E-state index < -0.39 is 11.8 Å². The van der Waals surface area contributed by atoms with Gasteiger partial charge in [-0.05, 0) is 35.9 Å². The van der Waals surface area contributed by atoms with E-state index >= 15 is 0 Å². The fourth-order valence-electron chi connectivity index (χ4n) is 2.03. The van der Waals surface area contributed by atoms with Crippen LogP contribution in [0.4, 0.5) is 5.69 Å². The van der Waals surface area contributed by atoms with Crippen LogP contribution in [0.3, 0.4) is 0 Å². The summed E-state index contributed by atoms with van der Waals surface area (Å²) in [6, 6.07) is 12.1. The standard InChI is InChI=1S/C17H17Cl2N3O2/c1-22(2)12-6-3-5-11(9-12)17(24)21-20-16(23)10-13-14(18)7-4-8-15(13)19/h3-9H,10H2,1-2H3,(H,20,23)(H,21,24). The van der Waals surface area contributed by atoms with Gasteiger partial charge in [-0.2, -0.15) is 0 Å². The number of benzene rings is 2. The molecule has 0 aliphatic heterocycles. The van der Waals surface area contributed by atoms with E-state index in [4.69, 9.17) is 23.2 Å². The summed E-state index contributed by atoms with van der Waals surface area (Å²) in [6.45, 7) is 0. The SMILES string of the molecule is CN(C)c1cccc(C(=O)NNC(=O)Cc2c(Cl)cccc2Cl)c1. The van der Waals surface area contributed by atoms with E-state index in [1.807, 2.05) is 25.1 Å². The summed E-state index contributed by atoms with van der Waals surface area (Å²) in [6.07, 6.45) is -0.0312. The van der Waals surface area contributed by atoms with Crippen LogP contribution in [-0.4, -0.2) is 25.9 Å². The Labute approximate surface area is 150 Å². The molecule has 0 atom stereocenters. The molecule has 0 bridgehead atoms. The molecule has 2 amide bonds. The van der Waals surface area contributed by atoms with Crippen LogP contribution in [0.5, 0.6) is 0 Å². The Hall–Kier alpha value is -2.24. The van der Waals surface area contributed by atoms with Crippen molar-refractivity contribution in [1.29, 1.82) is 0 Å². The lowest BCUT2D eigenvalue weighted by Crippen LogP contribution is -2.42. The van der Waals surface area contributed by atoms with Gasteiger partial charge in [-0.3, -0.25) is 20.4 Å². The highest BCUT2D eigenvalue weighted by Crippen LogP contribution is 2.24. The Kier molecular flexibility index (Phi) is 6.06. The van der Waals surface area contributed by atoms with Crippen LogP contribution in [0.1, 0.15) is 15.9 Å². The highest BCUT2D eigenvalue weighted by atomic mass is 35.5. The van der Waals surface area contributed by atoms with Crippen molar-refractivity contribution in [2.24, 2.45) is 0 Å². The van der Waals surface area contributed by atoms with Gasteiger partial charge in [0.15, 0.2) is 0 Å². The number of hydrazine groups is 1. The highest BCUT2D eigenvalue weighted by molar-refractivity contribution is 6.36. The summed E-state index contributed by atoms with van der Waals surface area (Å²) in [5.74, 6) is -0.820. The van der Waals surface area contributed by atoms with Crippen molar-refractivity contribution in [1.82, 2.24) is 10.9 Å². The Balaban J connectivity index is 1.96. The highest BCUT2D eigenvalue weighted by Gasteiger charge is 2.12. The van der Waals surface area contributed by atoms with Gasteiger partial charge in [0.1, 0.15) is 0 Å². The third-order valence-electron chi connectivity index (χ3n) is 3.34. The second-order valence-corrected chi connectivity index (χ2v) is 6.14. The predicted octanol–water partition coefficient (Wildman–Crippen LogP) is 3.06. The van der Waals surface area contributed by atoms with Crippen LogP contribution in [0.15, 0.2) is 42.5 Å². The van der Waals surface area contributed by atoms with Gasteiger partial charge in [-0.25, -0.2) is 0 Å². The molecule has 0 saturated carbocycles. The molecule has 0 unspecified atom stereocenters. The smallest absolute Gasteiger partial charge is 0.269 e. The van der Waals surface area contributed by atoms with E-state index in [0.717, 1.165) is 5.69 Å². The van der Waals surface area contributed by atoms with Gasteiger partial charge < -0.3 is 4.90 Å². The van der Waals surface area contributed by atoms with Gasteiger partial charge in [0.25, 0.3) is 5.91 Å². The number of nitrogens with zero attached hydrogens (tertiary/aromatic N) is 1. The molecule has 0 aromatic heterocycles. The van der Waals surface area contributed by atoms with Crippen molar-refractivity contribution in [3.05, 3.63) is 63.6 Å². The summed E-state index contributed by atoms with van der Waals surface area (Å²) < 4.78 is 0. The zero-order valence-electron chi connectivity index (χ0n) is 13.3. The van der Waals surface area contributed by atoms with Gasteiger partial charge in [-0.1, -0.05) is 35.3 Å². The molecule has 0 fully saturated rings. The molecule has 2 rings (SSSR count). The molecular weight excluding hydrogens is 349 g/mol. The number of nitrogens with one attached hydrogen (secondary N) is 2. The molecule has 2 N–H and O–H groups in total. The molecule has 7 heteroatoms. The Morgan fingerprint density at radius 3 is 2.25 bits per heavy atom. The van der Waals surface area contributed by atoms with Crippen LogP contribution < -0.4 is 15.8 Å². The van der Waals surface area contributed by atoms with E-state index in [0.29, 0.717) is 21.2 Å². The summed E-state index contributed by atoms with van der Waals surface area (Å²) in [4.78, 5) is 26.0. The first-order valence-electron chi connectivity index (χ1n) is 7.18. The Morgan fingerprint density at radius 2 is 1.62 bits per heavy atom. The molecular formula is C17H17Cl2N3O2. The summed E-state index contributed by atoms with van der Waals surface area (Å²) in [7, 11) is 3.76. The number of hydrogen-bond donors (Lipinski definition) is 2. The van der Waals surface area contributed by atoms with Crippen molar-refractivity contribution >= 4 is 40.7 Å². The van der Waals surface area contributed by atoms with Crippen molar-refractivity contribution in [3.63, 3.8) is 0 Å². The summed E-state index contributed by atoms with van der Waals surface area (Å²) in [5.41, 5.74) is 6.59. The van der Waals surface area contributed by atoms with Gasteiger partial charge in [0.2, 0.25) is 5.91 Å². The number of anilines is 1. The van der Waals surface area contributed by atoms with Crippen LogP contribution >= 0.6 is 23.2 Å². The third-order valence-corrected chi connectivity index (χ3v) is 4.05. The van der Waals surface area contributed by atoms with E-state index in [1.165, 1.54) is 0 Å². The van der Waals surface area contributed by atoms with Crippen molar-refractivity contribution < 1.29 is 9.59 Å². The maximum atomic E-state index is 12.1. The quantitative estimate of drug-likeness (QED) is 0.818. The second kappa shape index (κ2) is 8.04. The zero-order chi connectivity index (χ0) is 17.7. The number of carbonyl (C=O) groups excluding carboxylic acids is 2. The monoisotopic (exact) mass is 365 g/mol. The molecule has 0 saturated heterocycles. The Morgan fingerprint density at radius 1 is 1.00 bits per heavy atom. The maximum Gasteiger partial charge on any atom is 0.269 e. The minimum absolute atomic E-state index is 0.0312. The number of amides is 2.